The molecule has 0 aliphatic carbocycles. The lowest BCUT2D eigenvalue weighted by Gasteiger charge is -2.32. The van der Waals surface area contributed by atoms with Crippen LogP contribution in [0, 0.1) is 0 Å². The van der Waals surface area contributed by atoms with Crippen LogP contribution in [0.2, 0.25) is 0 Å². The zero-order chi connectivity index (χ0) is 13.0. The largest absolute Gasteiger partial charge is 0.405 e. The molecular formula is C8H14F6N2. The van der Waals surface area contributed by atoms with Crippen molar-refractivity contribution in [2.75, 3.05) is 19.6 Å². The van der Waals surface area contributed by atoms with E-state index in [1.165, 1.54) is 6.92 Å². The zero-order valence-electron chi connectivity index (χ0n) is 8.70. The van der Waals surface area contributed by atoms with Crippen LogP contribution in [0.3, 0.4) is 0 Å². The van der Waals surface area contributed by atoms with Gasteiger partial charge in [0, 0.05) is 6.54 Å². The average Bonchev–Trinajstić information content (AvgIpc) is 1.99. The number of hydrogen-bond donors (Lipinski definition) is 1. The molecule has 1 atom stereocenters. The summed E-state index contributed by atoms with van der Waals surface area (Å²) >= 11 is 0. The molecule has 16 heavy (non-hydrogen) atoms. The van der Waals surface area contributed by atoms with Gasteiger partial charge >= 0.3 is 12.4 Å². The lowest BCUT2D eigenvalue weighted by molar-refractivity contribution is -0.206. The van der Waals surface area contributed by atoms with Crippen molar-refractivity contribution in [2.24, 2.45) is 5.73 Å². The molecule has 0 aromatic carbocycles. The number of hydrogen-bond acceptors (Lipinski definition) is 2. The van der Waals surface area contributed by atoms with Crippen LogP contribution in [0.4, 0.5) is 26.3 Å². The van der Waals surface area contributed by atoms with Crippen molar-refractivity contribution in [3.8, 4) is 0 Å². The normalized spacial score (nSPS) is 15.6. The summed E-state index contributed by atoms with van der Waals surface area (Å²) in [6.45, 7) is -1.25. The minimum absolute atomic E-state index is 0.197. The highest BCUT2D eigenvalue weighted by molar-refractivity contribution is 4.81. The van der Waals surface area contributed by atoms with E-state index in [2.05, 4.69) is 0 Å². The molecule has 0 bridgehead atoms. The van der Waals surface area contributed by atoms with E-state index in [4.69, 9.17) is 5.73 Å². The van der Waals surface area contributed by atoms with E-state index in [1.807, 2.05) is 0 Å². The van der Waals surface area contributed by atoms with Gasteiger partial charge in [0.1, 0.15) is 6.04 Å². The molecule has 98 valence electrons. The van der Waals surface area contributed by atoms with E-state index in [-0.39, 0.29) is 13.0 Å². The highest BCUT2D eigenvalue weighted by Crippen LogP contribution is 2.27. The summed E-state index contributed by atoms with van der Waals surface area (Å²) in [5.41, 5.74) is 4.88. The zero-order valence-corrected chi connectivity index (χ0v) is 8.70. The summed E-state index contributed by atoms with van der Waals surface area (Å²) in [6.07, 6.45) is -9.20. The molecule has 0 rings (SSSR count). The van der Waals surface area contributed by atoms with Crippen LogP contribution in [0.15, 0.2) is 0 Å². The number of alkyl halides is 6. The fourth-order valence-electron chi connectivity index (χ4n) is 1.35. The van der Waals surface area contributed by atoms with E-state index >= 15 is 0 Å². The van der Waals surface area contributed by atoms with Gasteiger partial charge in [-0.25, -0.2) is 0 Å². The van der Waals surface area contributed by atoms with Crippen LogP contribution < -0.4 is 5.73 Å². The van der Waals surface area contributed by atoms with E-state index in [0.29, 0.717) is 4.90 Å². The lowest BCUT2D eigenvalue weighted by Crippen LogP contribution is -2.53. The third kappa shape index (κ3) is 5.55. The Kier molecular flexibility index (Phi) is 5.54. The quantitative estimate of drug-likeness (QED) is 0.760. The highest BCUT2D eigenvalue weighted by atomic mass is 19.4. The SMILES string of the molecule is CCCN(CC(F)(F)F)C(CN)C(F)(F)F. The first-order valence-corrected chi connectivity index (χ1v) is 4.69. The molecule has 0 aromatic rings. The summed E-state index contributed by atoms with van der Waals surface area (Å²) in [6, 6.07) is -2.24. The van der Waals surface area contributed by atoms with Crippen LogP contribution in [0.5, 0.6) is 0 Å². The van der Waals surface area contributed by atoms with E-state index in [9.17, 15) is 26.3 Å². The molecule has 0 aliphatic heterocycles. The first-order chi connectivity index (χ1) is 7.11. The maximum absolute atomic E-state index is 12.4. The fraction of sp³-hybridized carbons (Fsp3) is 1.00. The standard InChI is InChI=1S/C8H14F6N2/c1-2-3-16(5-7(9,10)11)6(4-15)8(12,13)14/h6H,2-5,15H2,1H3. The Morgan fingerprint density at radius 1 is 1.12 bits per heavy atom. The first-order valence-electron chi connectivity index (χ1n) is 4.69. The third-order valence-corrected chi connectivity index (χ3v) is 1.94. The molecule has 1 unspecified atom stereocenters. The molecule has 0 fully saturated rings. The van der Waals surface area contributed by atoms with Gasteiger partial charge in [-0.1, -0.05) is 6.92 Å². The van der Waals surface area contributed by atoms with Gasteiger partial charge in [-0.05, 0) is 13.0 Å². The summed E-state index contributed by atoms with van der Waals surface area (Å²) in [7, 11) is 0. The Labute approximate surface area is 89.4 Å². The number of nitrogens with two attached hydrogens (primary N) is 1. The first kappa shape index (κ1) is 15.5. The molecule has 0 amide bonds. The second-order valence-corrected chi connectivity index (χ2v) is 3.38. The second-order valence-electron chi connectivity index (χ2n) is 3.38. The lowest BCUT2D eigenvalue weighted by atomic mass is 10.2. The summed E-state index contributed by atoms with van der Waals surface area (Å²) < 4.78 is 73.3. The van der Waals surface area contributed by atoms with Gasteiger partial charge in [0.2, 0.25) is 0 Å². The number of halogens is 6. The number of rotatable bonds is 5. The number of nitrogens with zero attached hydrogens (tertiary/aromatic N) is 1. The van der Waals surface area contributed by atoms with E-state index in [1.54, 1.807) is 0 Å². The van der Waals surface area contributed by atoms with Gasteiger partial charge in [0.25, 0.3) is 0 Å². The van der Waals surface area contributed by atoms with Gasteiger partial charge in [-0.3, -0.25) is 4.90 Å². The van der Waals surface area contributed by atoms with Crippen LogP contribution in [-0.2, 0) is 0 Å². The molecule has 0 aromatic heterocycles. The molecule has 0 saturated heterocycles. The molecular weight excluding hydrogens is 238 g/mol. The maximum atomic E-state index is 12.4. The predicted molar refractivity (Wildman–Crippen MR) is 46.8 cm³/mol. The average molecular weight is 252 g/mol. The van der Waals surface area contributed by atoms with Crippen molar-refractivity contribution >= 4 is 0 Å². The van der Waals surface area contributed by atoms with Gasteiger partial charge in [-0.2, -0.15) is 26.3 Å². The topological polar surface area (TPSA) is 29.3 Å². The van der Waals surface area contributed by atoms with Crippen molar-refractivity contribution in [1.29, 1.82) is 0 Å². The Morgan fingerprint density at radius 2 is 1.62 bits per heavy atom. The molecule has 0 radical (unpaired) electrons. The van der Waals surface area contributed by atoms with Crippen LogP contribution >= 0.6 is 0 Å². The van der Waals surface area contributed by atoms with Gasteiger partial charge in [0.15, 0.2) is 0 Å². The predicted octanol–water partition coefficient (Wildman–Crippen LogP) is 2.15. The van der Waals surface area contributed by atoms with Crippen molar-refractivity contribution in [3.63, 3.8) is 0 Å². The Balaban J connectivity index is 4.73. The maximum Gasteiger partial charge on any atom is 0.405 e. The third-order valence-electron chi connectivity index (χ3n) is 1.94. The van der Waals surface area contributed by atoms with Crippen LogP contribution in [-0.4, -0.2) is 42.9 Å². The minimum atomic E-state index is -4.74. The van der Waals surface area contributed by atoms with Crippen molar-refractivity contribution in [1.82, 2.24) is 4.90 Å². The Bertz CT molecular complexity index is 200. The van der Waals surface area contributed by atoms with Crippen LogP contribution in [0.1, 0.15) is 13.3 Å². The van der Waals surface area contributed by atoms with Crippen molar-refractivity contribution < 1.29 is 26.3 Å². The monoisotopic (exact) mass is 252 g/mol. The fourth-order valence-corrected chi connectivity index (χ4v) is 1.35. The van der Waals surface area contributed by atoms with E-state index in [0.717, 1.165) is 0 Å². The molecule has 0 spiro atoms. The van der Waals surface area contributed by atoms with Crippen molar-refractivity contribution in [3.05, 3.63) is 0 Å². The summed E-state index contributed by atoms with van der Waals surface area (Å²) in [5, 5.41) is 0. The van der Waals surface area contributed by atoms with Crippen molar-refractivity contribution in [2.45, 2.75) is 31.7 Å². The molecule has 0 saturated carbocycles. The summed E-state index contributed by atoms with van der Waals surface area (Å²) in [5.74, 6) is 0. The summed E-state index contributed by atoms with van der Waals surface area (Å²) in [4.78, 5) is 0.319. The molecule has 2 nitrogen and oxygen atoms in total. The second kappa shape index (κ2) is 5.72. The smallest absolute Gasteiger partial charge is 0.329 e. The van der Waals surface area contributed by atoms with Gasteiger partial charge < -0.3 is 5.73 Å². The highest BCUT2D eigenvalue weighted by Gasteiger charge is 2.45. The van der Waals surface area contributed by atoms with Crippen LogP contribution in [0.25, 0.3) is 0 Å². The van der Waals surface area contributed by atoms with E-state index < -0.39 is 31.5 Å². The molecule has 0 heterocycles. The minimum Gasteiger partial charge on any atom is -0.329 e. The Morgan fingerprint density at radius 3 is 1.88 bits per heavy atom. The molecule has 2 N–H and O–H groups in total. The Hall–Kier alpha value is -0.500. The van der Waals surface area contributed by atoms with Gasteiger partial charge in [-0.15, -0.1) is 0 Å². The molecule has 0 aliphatic rings. The van der Waals surface area contributed by atoms with Gasteiger partial charge in [0.05, 0.1) is 6.54 Å². The molecule has 8 heteroatoms.